The van der Waals surface area contributed by atoms with E-state index in [2.05, 4.69) is 0 Å². The number of rotatable bonds is 4. The molecule has 2 heterocycles. The Balaban J connectivity index is 1.56. The number of esters is 1. The molecule has 150 valence electrons. The lowest BCUT2D eigenvalue weighted by molar-refractivity contribution is -0.180. The molecule has 2 aliphatic heterocycles. The Morgan fingerprint density at radius 1 is 1.00 bits per heavy atom. The number of ketones is 1. The van der Waals surface area contributed by atoms with Gasteiger partial charge in [0, 0.05) is 11.1 Å². The van der Waals surface area contributed by atoms with Gasteiger partial charge in [-0.05, 0) is 42.5 Å². The number of carbonyl (C=O) groups excluding carboxylic acids is 2. The molecule has 2 atom stereocenters. The van der Waals surface area contributed by atoms with E-state index in [1.807, 2.05) is 42.5 Å². The fourth-order valence-corrected chi connectivity index (χ4v) is 4.02. The number of hydrogen-bond donors (Lipinski definition) is 0. The van der Waals surface area contributed by atoms with Gasteiger partial charge in [0.25, 0.3) is 5.79 Å². The van der Waals surface area contributed by atoms with E-state index in [4.69, 9.17) is 14.3 Å². The van der Waals surface area contributed by atoms with Crippen LogP contribution in [0.5, 0.6) is 5.75 Å². The van der Waals surface area contributed by atoms with Crippen LogP contribution in [0.3, 0.4) is 0 Å². The van der Waals surface area contributed by atoms with Crippen molar-refractivity contribution in [2.75, 3.05) is 12.2 Å². The van der Waals surface area contributed by atoms with Crippen LogP contribution in [0.4, 0.5) is 5.69 Å². The van der Waals surface area contributed by atoms with Crippen LogP contribution >= 0.6 is 0 Å². The van der Waals surface area contributed by atoms with Gasteiger partial charge in [0.1, 0.15) is 11.8 Å². The molecule has 1 saturated heterocycles. The maximum Gasteiger partial charge on any atom is 0.341 e. The highest BCUT2D eigenvalue weighted by atomic mass is 16.8. The topological polar surface area (TPSA) is 65.1 Å². The van der Waals surface area contributed by atoms with Gasteiger partial charge in [-0.1, -0.05) is 36.4 Å². The highest BCUT2D eigenvalue weighted by molar-refractivity contribution is 6.02. The molecular formula is C24H19NO5. The van der Waals surface area contributed by atoms with E-state index in [1.165, 1.54) is 0 Å². The first kappa shape index (κ1) is 18.4. The minimum Gasteiger partial charge on any atom is -0.497 e. The van der Waals surface area contributed by atoms with Gasteiger partial charge in [0.2, 0.25) is 0 Å². The Bertz CT molecular complexity index is 1110. The van der Waals surface area contributed by atoms with E-state index in [-0.39, 0.29) is 12.2 Å². The quantitative estimate of drug-likeness (QED) is 0.484. The van der Waals surface area contributed by atoms with Gasteiger partial charge < -0.3 is 9.47 Å². The molecule has 0 N–H and O–H groups in total. The first-order valence-electron chi connectivity index (χ1n) is 9.66. The predicted octanol–water partition coefficient (Wildman–Crippen LogP) is 4.11. The summed E-state index contributed by atoms with van der Waals surface area (Å²) < 4.78 is 10.9. The number of anilines is 1. The summed E-state index contributed by atoms with van der Waals surface area (Å²) in [7, 11) is 1.58. The summed E-state index contributed by atoms with van der Waals surface area (Å²) in [5.74, 6) is -1.23. The maximum atomic E-state index is 13.5. The van der Waals surface area contributed by atoms with Crippen molar-refractivity contribution in [3.63, 3.8) is 0 Å². The number of hydroxylamine groups is 1. The lowest BCUT2D eigenvalue weighted by Gasteiger charge is -2.25. The molecule has 0 radical (unpaired) electrons. The molecule has 0 unspecified atom stereocenters. The summed E-state index contributed by atoms with van der Waals surface area (Å²) in [5.41, 5.74) is 2.34. The van der Waals surface area contributed by atoms with Crippen molar-refractivity contribution in [1.82, 2.24) is 0 Å². The average Bonchev–Trinajstić information content (AvgIpc) is 3.32. The number of ether oxygens (including phenoxy) is 2. The van der Waals surface area contributed by atoms with Crippen LogP contribution in [-0.4, -0.2) is 24.9 Å². The molecule has 30 heavy (non-hydrogen) atoms. The minimum atomic E-state index is -1.32. The Labute approximate surface area is 173 Å². The zero-order valence-electron chi connectivity index (χ0n) is 16.3. The molecule has 0 aliphatic carbocycles. The van der Waals surface area contributed by atoms with Crippen LogP contribution in [0.2, 0.25) is 0 Å². The fourth-order valence-electron chi connectivity index (χ4n) is 4.02. The molecule has 6 nitrogen and oxygen atoms in total. The Morgan fingerprint density at radius 2 is 1.70 bits per heavy atom. The summed E-state index contributed by atoms with van der Waals surface area (Å²) in [4.78, 5) is 32.2. The minimum absolute atomic E-state index is 0.126. The number of para-hydroxylation sites is 1. The summed E-state index contributed by atoms with van der Waals surface area (Å²) in [6.45, 7) is 0. The second-order valence-corrected chi connectivity index (χ2v) is 7.25. The largest absolute Gasteiger partial charge is 0.497 e. The van der Waals surface area contributed by atoms with Gasteiger partial charge in [-0.25, -0.2) is 14.7 Å². The second kappa shape index (κ2) is 7.00. The molecule has 1 spiro atoms. The number of methoxy groups -OCH3 is 1. The van der Waals surface area contributed by atoms with Gasteiger partial charge in [0.15, 0.2) is 5.78 Å². The number of carbonyl (C=O) groups is 2. The fraction of sp³-hybridized carbons (Fsp3) is 0.167. The number of Topliss-reactive ketones (excluding diaryl/α,β-unsaturated/α-hetero) is 1. The van der Waals surface area contributed by atoms with Gasteiger partial charge in [-0.15, -0.1) is 0 Å². The van der Waals surface area contributed by atoms with Crippen LogP contribution in [0, 0.1) is 0 Å². The predicted molar refractivity (Wildman–Crippen MR) is 109 cm³/mol. The Kier molecular flexibility index (Phi) is 4.29. The number of hydrogen-bond acceptors (Lipinski definition) is 6. The third-order valence-corrected chi connectivity index (χ3v) is 5.49. The molecule has 3 aromatic carbocycles. The van der Waals surface area contributed by atoms with Crippen LogP contribution < -0.4 is 9.80 Å². The molecule has 0 amide bonds. The van der Waals surface area contributed by atoms with Crippen molar-refractivity contribution in [1.29, 1.82) is 0 Å². The second-order valence-electron chi connectivity index (χ2n) is 7.25. The van der Waals surface area contributed by atoms with E-state index in [1.54, 1.807) is 48.6 Å². The SMILES string of the molecule is COc1ccc(C(=O)[C@H]2C[C@@]3(OC(=O)c4ccccc43)ON2c2ccccc2)cc1. The van der Waals surface area contributed by atoms with Crippen molar-refractivity contribution < 1.29 is 23.9 Å². The van der Waals surface area contributed by atoms with Crippen LogP contribution in [-0.2, 0) is 15.4 Å². The van der Waals surface area contributed by atoms with Crippen molar-refractivity contribution in [3.05, 3.63) is 95.6 Å². The van der Waals surface area contributed by atoms with E-state index in [0.717, 1.165) is 0 Å². The zero-order valence-corrected chi connectivity index (χ0v) is 16.3. The molecule has 0 saturated carbocycles. The standard InChI is InChI=1S/C24H19NO5/c1-28-18-13-11-16(12-14-18)22(26)21-15-24(30-25(21)17-7-3-2-4-8-17)20-10-6-5-9-19(20)23(27)29-24/h2-14,21H,15H2,1H3/t21-,24-/m1/s1. The van der Waals surface area contributed by atoms with Crippen molar-refractivity contribution >= 4 is 17.4 Å². The Morgan fingerprint density at radius 3 is 2.43 bits per heavy atom. The number of benzene rings is 3. The molecule has 2 aliphatic rings. The molecule has 6 heteroatoms. The van der Waals surface area contributed by atoms with Gasteiger partial charge in [0.05, 0.1) is 24.8 Å². The van der Waals surface area contributed by atoms with Crippen LogP contribution in [0.1, 0.15) is 32.7 Å². The normalized spacial score (nSPS) is 22.1. The third kappa shape index (κ3) is 2.84. The molecule has 5 rings (SSSR count). The monoisotopic (exact) mass is 401 g/mol. The summed E-state index contributed by atoms with van der Waals surface area (Å²) in [5, 5.41) is 1.56. The molecular weight excluding hydrogens is 382 g/mol. The highest BCUT2D eigenvalue weighted by Gasteiger charge is 2.57. The van der Waals surface area contributed by atoms with Crippen LogP contribution in [0.25, 0.3) is 0 Å². The third-order valence-electron chi connectivity index (χ3n) is 5.49. The van der Waals surface area contributed by atoms with Crippen molar-refractivity contribution in [2.45, 2.75) is 18.2 Å². The molecule has 1 fully saturated rings. The zero-order chi connectivity index (χ0) is 20.7. The van der Waals surface area contributed by atoms with E-state index in [0.29, 0.717) is 28.1 Å². The van der Waals surface area contributed by atoms with Gasteiger partial charge in [-0.3, -0.25) is 4.79 Å². The van der Waals surface area contributed by atoms with Crippen molar-refractivity contribution in [3.8, 4) is 5.75 Å². The maximum absolute atomic E-state index is 13.5. The smallest absolute Gasteiger partial charge is 0.341 e. The lowest BCUT2D eigenvalue weighted by atomic mass is 9.93. The Hall–Kier alpha value is -3.64. The summed E-state index contributed by atoms with van der Waals surface area (Å²) in [6.07, 6.45) is 0.190. The lowest BCUT2D eigenvalue weighted by Crippen LogP contribution is -2.35. The highest BCUT2D eigenvalue weighted by Crippen LogP contribution is 2.48. The molecule has 3 aromatic rings. The molecule has 0 bridgehead atoms. The summed E-state index contributed by atoms with van der Waals surface area (Å²) >= 11 is 0. The van der Waals surface area contributed by atoms with Gasteiger partial charge >= 0.3 is 5.97 Å². The van der Waals surface area contributed by atoms with Crippen LogP contribution in [0.15, 0.2) is 78.9 Å². The van der Waals surface area contributed by atoms with E-state index < -0.39 is 17.8 Å². The first-order valence-corrected chi connectivity index (χ1v) is 9.66. The molecule has 0 aromatic heterocycles. The first-order chi connectivity index (χ1) is 14.6. The van der Waals surface area contributed by atoms with E-state index >= 15 is 0 Å². The number of nitrogens with zero attached hydrogens (tertiary/aromatic N) is 1. The summed E-state index contributed by atoms with van der Waals surface area (Å²) in [6, 6.07) is 22.7. The average molecular weight is 401 g/mol. The number of fused-ring (bicyclic) bond motifs is 2. The van der Waals surface area contributed by atoms with Gasteiger partial charge in [-0.2, -0.15) is 0 Å². The van der Waals surface area contributed by atoms with E-state index in [9.17, 15) is 9.59 Å². The van der Waals surface area contributed by atoms with Crippen molar-refractivity contribution in [2.24, 2.45) is 0 Å².